The van der Waals surface area contributed by atoms with Crippen LogP contribution in [0.5, 0.6) is 0 Å². The molecule has 6 heteroatoms. The Morgan fingerprint density at radius 3 is 1.44 bits per heavy atom. The summed E-state index contributed by atoms with van der Waals surface area (Å²) in [5.41, 5.74) is 0. The largest absolute Gasteiger partial charge is 0.0721 e. The van der Waals surface area contributed by atoms with Crippen LogP contribution in [0.4, 0.5) is 0 Å². The molecule has 0 nitrogen and oxygen atoms in total. The molecule has 0 aliphatic carbocycles. The maximum Gasteiger partial charge on any atom is 0.0281 e. The molecule has 0 unspecified atom stereocenters. The standard InChI is InChI=1S/C3H20Si6/c1-9(2,3)8(6-4)7-5/h8H,6-7H2,1-5H3. The first-order valence-electron chi connectivity index (χ1n) is 4.02. The summed E-state index contributed by atoms with van der Waals surface area (Å²) in [4.78, 5) is 0. The Hall–Kier alpha value is 1.30. The zero-order valence-corrected chi connectivity index (χ0v) is 16.5. The third-order valence-corrected chi connectivity index (χ3v) is 113. The van der Waals surface area contributed by atoms with Crippen molar-refractivity contribution in [1.82, 2.24) is 0 Å². The quantitative estimate of drug-likeness (QED) is 0.437. The minimum absolute atomic E-state index is 0.160. The van der Waals surface area contributed by atoms with Crippen molar-refractivity contribution in [1.29, 1.82) is 0 Å². The van der Waals surface area contributed by atoms with E-state index in [-0.39, 0.29) is 7.35 Å². The van der Waals surface area contributed by atoms with Crippen molar-refractivity contribution >= 4 is 51.6 Å². The second-order valence-electron chi connectivity index (χ2n) is 3.88. The predicted octanol–water partition coefficient (Wildman–Crippen LogP) is -3.48. The zero-order valence-electron chi connectivity index (χ0n) is 7.49. The summed E-state index contributed by atoms with van der Waals surface area (Å²) in [6, 6.07) is 0. The Kier molecular flexibility index (Phi) is 4.85. The molecule has 0 aliphatic rings. The highest BCUT2D eigenvalue weighted by molar-refractivity contribution is 7.77. The van der Waals surface area contributed by atoms with Gasteiger partial charge in [-0.25, -0.2) is 0 Å². The highest BCUT2D eigenvalue weighted by Gasteiger charge is 2.23. The molecule has 0 aromatic rings. The highest BCUT2D eigenvalue weighted by atomic mass is 30.0. The zero-order chi connectivity index (χ0) is 7.49. The first-order chi connectivity index (χ1) is 4.02. The SMILES string of the molecule is C[Si](C)(C)[SiH]([SiH2][SiH3])[SiH2][SiH3]. The fourth-order valence-corrected chi connectivity index (χ4v) is 169. The molecule has 56 valence electrons. The van der Waals surface area contributed by atoms with Gasteiger partial charge in [0.2, 0.25) is 0 Å². The second-order valence-corrected chi connectivity index (χ2v) is 53.2. The van der Waals surface area contributed by atoms with Gasteiger partial charge in [0.1, 0.15) is 0 Å². The second kappa shape index (κ2) is 4.24. The van der Waals surface area contributed by atoms with E-state index < -0.39 is 7.59 Å². The summed E-state index contributed by atoms with van der Waals surface area (Å²) < 4.78 is 0. The molecule has 0 rings (SSSR count). The summed E-state index contributed by atoms with van der Waals surface area (Å²) in [7, 11) is 4.33. The van der Waals surface area contributed by atoms with Crippen molar-refractivity contribution < 1.29 is 0 Å². The molecule has 0 spiro atoms. The summed E-state index contributed by atoms with van der Waals surface area (Å²) >= 11 is 0. The Labute approximate surface area is 71.3 Å². The third-order valence-electron chi connectivity index (χ3n) is 2.21. The van der Waals surface area contributed by atoms with Gasteiger partial charge in [-0.05, 0) is 36.6 Å². The molecule has 0 saturated carbocycles. The van der Waals surface area contributed by atoms with Gasteiger partial charge in [-0.1, -0.05) is 19.6 Å². The maximum absolute atomic E-state index is 2.64. The monoisotopic (exact) mass is 224 g/mol. The van der Waals surface area contributed by atoms with Crippen molar-refractivity contribution in [2.24, 2.45) is 0 Å². The van der Waals surface area contributed by atoms with Gasteiger partial charge in [-0.15, -0.1) is 0 Å². The lowest BCUT2D eigenvalue weighted by molar-refractivity contribution is 1.86. The molecular formula is C3H20Si6. The van der Waals surface area contributed by atoms with E-state index in [9.17, 15) is 0 Å². The predicted molar refractivity (Wildman–Crippen MR) is 67.5 cm³/mol. The number of hydrogen-bond donors (Lipinski definition) is 0. The smallest absolute Gasteiger partial charge is 0.0281 e. The van der Waals surface area contributed by atoms with Gasteiger partial charge in [0.25, 0.3) is 0 Å². The molecule has 0 amide bonds. The minimum Gasteiger partial charge on any atom is -0.0721 e. The van der Waals surface area contributed by atoms with Crippen LogP contribution >= 0.6 is 0 Å². The van der Waals surface area contributed by atoms with Crippen LogP contribution in [0.3, 0.4) is 0 Å². The molecular weight excluding hydrogens is 205 g/mol. The molecule has 0 aliphatic heterocycles. The van der Waals surface area contributed by atoms with E-state index in [2.05, 4.69) is 19.6 Å². The van der Waals surface area contributed by atoms with E-state index >= 15 is 0 Å². The summed E-state index contributed by atoms with van der Waals surface area (Å²) in [5, 5.41) is 0. The molecule has 0 bridgehead atoms. The molecule has 0 aromatic heterocycles. The maximum atomic E-state index is 2.64. The van der Waals surface area contributed by atoms with Gasteiger partial charge >= 0.3 is 0 Å². The molecule has 9 heavy (non-hydrogen) atoms. The van der Waals surface area contributed by atoms with Gasteiger partial charge in [0.15, 0.2) is 0 Å². The number of rotatable bonds is 3. The van der Waals surface area contributed by atoms with Crippen molar-refractivity contribution in [3.8, 4) is 0 Å². The van der Waals surface area contributed by atoms with E-state index in [1.165, 1.54) is 0 Å². The average Bonchev–Trinajstić information content (AvgIpc) is 1.65. The third kappa shape index (κ3) is 3.88. The van der Waals surface area contributed by atoms with Crippen LogP contribution in [-0.2, 0) is 0 Å². The fourth-order valence-electron chi connectivity index (χ4n) is 1.51. The van der Waals surface area contributed by atoms with Gasteiger partial charge in [-0.3, -0.25) is 0 Å². The summed E-state index contributed by atoms with van der Waals surface area (Å²) in [5.74, 6) is 0. The van der Waals surface area contributed by atoms with Crippen molar-refractivity contribution in [3.63, 3.8) is 0 Å². The van der Waals surface area contributed by atoms with E-state index in [0.29, 0.717) is 17.1 Å². The molecule has 0 heterocycles. The Morgan fingerprint density at radius 2 is 1.44 bits per heavy atom. The van der Waals surface area contributed by atoms with Crippen LogP contribution < -0.4 is 0 Å². The lowest BCUT2D eigenvalue weighted by Gasteiger charge is -2.24. The van der Waals surface area contributed by atoms with E-state index in [4.69, 9.17) is 0 Å². The van der Waals surface area contributed by atoms with Crippen LogP contribution in [0.1, 0.15) is 0 Å². The van der Waals surface area contributed by atoms with E-state index in [1.54, 1.807) is 19.5 Å². The molecule has 0 fully saturated rings. The van der Waals surface area contributed by atoms with Crippen LogP contribution in [0, 0.1) is 0 Å². The number of hydrogen-bond acceptors (Lipinski definition) is 0. The summed E-state index contributed by atoms with van der Waals surface area (Å²) in [6.07, 6.45) is 0. The summed E-state index contributed by atoms with van der Waals surface area (Å²) in [6.45, 7) is 7.92. The Morgan fingerprint density at radius 1 is 1.11 bits per heavy atom. The van der Waals surface area contributed by atoms with Crippen LogP contribution in [-0.4, -0.2) is 51.6 Å². The van der Waals surface area contributed by atoms with Gasteiger partial charge in [0.05, 0.1) is 0 Å². The van der Waals surface area contributed by atoms with Crippen molar-refractivity contribution in [2.75, 3.05) is 0 Å². The first-order valence-corrected chi connectivity index (χ1v) is 27.2. The lowest BCUT2D eigenvalue weighted by Crippen LogP contribution is -2.52. The van der Waals surface area contributed by atoms with E-state index in [1.807, 2.05) is 0 Å². The fraction of sp³-hybridized carbons (Fsp3) is 1.00. The Bertz CT molecular complexity index is 70.9. The highest BCUT2D eigenvalue weighted by Crippen LogP contribution is 2.02. The molecule has 0 aromatic carbocycles. The van der Waals surface area contributed by atoms with Crippen molar-refractivity contribution in [3.05, 3.63) is 0 Å². The molecule has 0 radical (unpaired) electrons. The lowest BCUT2D eigenvalue weighted by atomic mass is 11.8. The van der Waals surface area contributed by atoms with Gasteiger partial charge in [0, 0.05) is 14.9 Å². The van der Waals surface area contributed by atoms with Crippen LogP contribution in [0.2, 0.25) is 19.6 Å². The molecule has 0 N–H and O–H groups in total. The minimum atomic E-state index is -0.455. The first kappa shape index (κ1) is 10.3. The molecule has 0 atom stereocenters. The Balaban J connectivity index is 3.79. The molecule has 0 saturated heterocycles. The normalized spacial score (nSPS) is 19.0. The van der Waals surface area contributed by atoms with Gasteiger partial charge in [-0.2, -0.15) is 0 Å². The van der Waals surface area contributed by atoms with E-state index in [0.717, 1.165) is 0 Å². The van der Waals surface area contributed by atoms with Crippen LogP contribution in [0.25, 0.3) is 0 Å². The van der Waals surface area contributed by atoms with Crippen molar-refractivity contribution in [2.45, 2.75) is 19.6 Å². The topological polar surface area (TPSA) is 0 Å². The van der Waals surface area contributed by atoms with Gasteiger partial charge < -0.3 is 0 Å². The average molecular weight is 225 g/mol. The van der Waals surface area contributed by atoms with Crippen LogP contribution in [0.15, 0.2) is 0 Å².